The van der Waals surface area contributed by atoms with E-state index in [0.29, 0.717) is 0 Å². The number of carbonyl (C=O) groups excluding carboxylic acids is 1. The fraction of sp³-hybridized carbons (Fsp3) is 0.429. The van der Waals surface area contributed by atoms with Gasteiger partial charge in [0.2, 0.25) is 0 Å². The molecular formula is C14H17IN2O4. The van der Waals surface area contributed by atoms with Crippen molar-refractivity contribution in [1.82, 2.24) is 5.32 Å². The predicted octanol–water partition coefficient (Wildman–Crippen LogP) is 2.68. The number of hydrogen-bond donors (Lipinski definition) is 3. The van der Waals surface area contributed by atoms with Gasteiger partial charge in [-0.25, -0.2) is 9.59 Å². The Balaban J connectivity index is 2.00. The lowest BCUT2D eigenvalue weighted by Crippen LogP contribution is -2.43. The number of carbonyl (C=O) groups is 2. The highest BCUT2D eigenvalue weighted by molar-refractivity contribution is 14.1. The van der Waals surface area contributed by atoms with Gasteiger partial charge < -0.3 is 20.5 Å². The molecule has 0 aromatic heterocycles. The third-order valence-electron chi connectivity index (χ3n) is 3.34. The summed E-state index contributed by atoms with van der Waals surface area (Å²) in [5, 5.41) is 14.5. The molecule has 1 fully saturated rings. The molecule has 0 bridgehead atoms. The van der Waals surface area contributed by atoms with Gasteiger partial charge in [-0.1, -0.05) is 0 Å². The minimum atomic E-state index is -1.07. The van der Waals surface area contributed by atoms with Crippen LogP contribution in [0.15, 0.2) is 18.2 Å². The van der Waals surface area contributed by atoms with E-state index < -0.39 is 12.0 Å². The minimum Gasteiger partial charge on any atom is -0.478 e. The van der Waals surface area contributed by atoms with Crippen LogP contribution in [0.2, 0.25) is 0 Å². The Hall–Kier alpha value is -1.35. The molecule has 1 heterocycles. The molecule has 114 valence electrons. The molecule has 2 rings (SSSR count). The van der Waals surface area contributed by atoms with Crippen LogP contribution in [0.5, 0.6) is 0 Å². The average molecular weight is 404 g/mol. The molecule has 2 unspecified atom stereocenters. The largest absolute Gasteiger partial charge is 0.478 e. The Morgan fingerprint density at radius 3 is 2.86 bits per heavy atom. The lowest BCUT2D eigenvalue weighted by molar-refractivity contribution is 0.0698. The SMILES string of the molecule is CC(NC(=O)Nc1ccc(I)cc1C(=O)O)C1CCCO1. The number of carboxylic acid groups (broad SMARTS) is 1. The van der Waals surface area contributed by atoms with Gasteiger partial charge in [0.1, 0.15) is 0 Å². The molecule has 21 heavy (non-hydrogen) atoms. The zero-order valence-corrected chi connectivity index (χ0v) is 13.7. The van der Waals surface area contributed by atoms with Crippen LogP contribution in [-0.4, -0.2) is 35.9 Å². The molecule has 0 radical (unpaired) electrons. The topological polar surface area (TPSA) is 87.7 Å². The number of ether oxygens (including phenoxy) is 1. The molecule has 0 spiro atoms. The number of amides is 2. The Labute approximate surface area is 136 Å². The first-order valence-corrected chi connectivity index (χ1v) is 7.77. The Bertz CT molecular complexity index is 544. The molecule has 1 saturated heterocycles. The van der Waals surface area contributed by atoms with Gasteiger partial charge in [0.15, 0.2) is 0 Å². The number of aromatic carboxylic acids is 1. The molecule has 0 saturated carbocycles. The molecule has 1 aliphatic rings. The molecule has 2 atom stereocenters. The van der Waals surface area contributed by atoms with Gasteiger partial charge in [0, 0.05) is 10.2 Å². The van der Waals surface area contributed by atoms with Crippen LogP contribution in [-0.2, 0) is 4.74 Å². The lowest BCUT2D eigenvalue weighted by atomic mass is 10.1. The summed E-state index contributed by atoms with van der Waals surface area (Å²) in [7, 11) is 0. The number of nitrogens with one attached hydrogen (secondary N) is 2. The van der Waals surface area contributed by atoms with Gasteiger partial charge in [-0.2, -0.15) is 0 Å². The van der Waals surface area contributed by atoms with Crippen molar-refractivity contribution in [3.05, 3.63) is 27.3 Å². The summed E-state index contributed by atoms with van der Waals surface area (Å²) in [6.07, 6.45) is 1.94. The number of halogens is 1. The third-order valence-corrected chi connectivity index (χ3v) is 4.01. The summed E-state index contributed by atoms with van der Waals surface area (Å²) in [6, 6.07) is 4.29. The van der Waals surface area contributed by atoms with Gasteiger partial charge >= 0.3 is 12.0 Å². The normalized spacial score (nSPS) is 19.0. The third kappa shape index (κ3) is 4.31. The summed E-state index contributed by atoms with van der Waals surface area (Å²) >= 11 is 2.03. The Morgan fingerprint density at radius 1 is 1.48 bits per heavy atom. The van der Waals surface area contributed by atoms with Crippen LogP contribution in [0.4, 0.5) is 10.5 Å². The van der Waals surface area contributed by atoms with E-state index in [1.165, 1.54) is 6.07 Å². The maximum Gasteiger partial charge on any atom is 0.337 e. The highest BCUT2D eigenvalue weighted by atomic mass is 127. The first-order valence-electron chi connectivity index (χ1n) is 6.69. The van der Waals surface area contributed by atoms with E-state index in [2.05, 4.69) is 10.6 Å². The van der Waals surface area contributed by atoms with E-state index in [1.807, 2.05) is 29.5 Å². The fourth-order valence-electron chi connectivity index (χ4n) is 2.26. The van der Waals surface area contributed by atoms with Gasteiger partial charge in [0.25, 0.3) is 0 Å². The smallest absolute Gasteiger partial charge is 0.337 e. The van der Waals surface area contributed by atoms with Gasteiger partial charge in [-0.3, -0.25) is 0 Å². The van der Waals surface area contributed by atoms with E-state index in [0.717, 1.165) is 23.0 Å². The summed E-state index contributed by atoms with van der Waals surface area (Å²) < 4.78 is 6.30. The zero-order valence-electron chi connectivity index (χ0n) is 11.6. The van der Waals surface area contributed by atoms with E-state index in [9.17, 15) is 9.59 Å². The Kier molecular flexibility index (Phi) is 5.40. The van der Waals surface area contributed by atoms with Crippen LogP contribution in [0, 0.1) is 3.57 Å². The number of hydrogen-bond acceptors (Lipinski definition) is 3. The molecule has 1 aromatic carbocycles. The molecular weight excluding hydrogens is 387 g/mol. The molecule has 2 amide bonds. The first kappa shape index (κ1) is 16.0. The van der Waals surface area contributed by atoms with Crippen LogP contribution >= 0.6 is 22.6 Å². The second kappa shape index (κ2) is 7.08. The summed E-state index contributed by atoms with van der Waals surface area (Å²) in [6.45, 7) is 2.60. The van der Waals surface area contributed by atoms with Crippen molar-refractivity contribution < 1.29 is 19.4 Å². The summed E-state index contributed by atoms with van der Waals surface area (Å²) in [4.78, 5) is 23.2. The van der Waals surface area contributed by atoms with Crippen molar-refractivity contribution in [2.24, 2.45) is 0 Å². The zero-order chi connectivity index (χ0) is 15.4. The first-order chi connectivity index (χ1) is 9.97. The van der Waals surface area contributed by atoms with Crippen molar-refractivity contribution >= 4 is 40.3 Å². The predicted molar refractivity (Wildman–Crippen MR) is 86.7 cm³/mol. The van der Waals surface area contributed by atoms with E-state index >= 15 is 0 Å². The van der Waals surface area contributed by atoms with Crippen molar-refractivity contribution in [3.8, 4) is 0 Å². The standard InChI is InChI=1S/C14H17IN2O4/c1-8(12-3-2-6-21-12)16-14(20)17-11-5-4-9(15)7-10(11)13(18)19/h4-5,7-8,12H,2-3,6H2,1H3,(H,18,19)(H2,16,17,20). The van der Waals surface area contributed by atoms with Gasteiger partial charge in [-0.15, -0.1) is 0 Å². The lowest BCUT2D eigenvalue weighted by Gasteiger charge is -2.20. The van der Waals surface area contributed by atoms with E-state index in [1.54, 1.807) is 12.1 Å². The Morgan fingerprint density at radius 2 is 2.24 bits per heavy atom. The van der Waals surface area contributed by atoms with E-state index in [4.69, 9.17) is 9.84 Å². The number of benzene rings is 1. The van der Waals surface area contributed by atoms with Crippen LogP contribution in [0.1, 0.15) is 30.1 Å². The highest BCUT2D eigenvalue weighted by Gasteiger charge is 2.24. The quantitative estimate of drug-likeness (QED) is 0.674. The number of urea groups is 1. The molecule has 3 N–H and O–H groups in total. The second-order valence-electron chi connectivity index (χ2n) is 4.93. The maximum absolute atomic E-state index is 12.0. The van der Waals surface area contributed by atoms with Crippen molar-refractivity contribution in [2.75, 3.05) is 11.9 Å². The van der Waals surface area contributed by atoms with Crippen LogP contribution in [0.25, 0.3) is 0 Å². The van der Waals surface area contributed by atoms with Crippen LogP contribution < -0.4 is 10.6 Å². The molecule has 0 aliphatic carbocycles. The average Bonchev–Trinajstić information content (AvgIpc) is 2.94. The van der Waals surface area contributed by atoms with Gasteiger partial charge in [0.05, 0.1) is 23.4 Å². The summed E-state index contributed by atoms with van der Waals surface area (Å²) in [5.41, 5.74) is 0.349. The van der Waals surface area contributed by atoms with E-state index in [-0.39, 0.29) is 23.4 Å². The molecule has 6 nitrogen and oxygen atoms in total. The summed E-state index contributed by atoms with van der Waals surface area (Å²) in [5.74, 6) is -1.07. The van der Waals surface area contributed by atoms with Crippen molar-refractivity contribution in [3.63, 3.8) is 0 Å². The number of anilines is 1. The fourth-order valence-corrected chi connectivity index (χ4v) is 2.75. The highest BCUT2D eigenvalue weighted by Crippen LogP contribution is 2.19. The second-order valence-corrected chi connectivity index (χ2v) is 6.18. The monoisotopic (exact) mass is 404 g/mol. The number of rotatable bonds is 4. The maximum atomic E-state index is 12.0. The van der Waals surface area contributed by atoms with Crippen LogP contribution in [0.3, 0.4) is 0 Å². The van der Waals surface area contributed by atoms with Crippen molar-refractivity contribution in [2.45, 2.75) is 31.9 Å². The van der Waals surface area contributed by atoms with Gasteiger partial charge in [-0.05, 0) is 60.6 Å². The minimum absolute atomic E-state index is 0.0198. The molecule has 1 aliphatic heterocycles. The molecule has 7 heteroatoms. The molecule has 1 aromatic rings. The van der Waals surface area contributed by atoms with Crippen molar-refractivity contribution in [1.29, 1.82) is 0 Å². The number of carboxylic acids is 1.